The normalized spacial score (nSPS) is 10.8. The lowest BCUT2D eigenvalue weighted by molar-refractivity contribution is 0.137. The van der Waals surface area contributed by atoms with Gasteiger partial charge >= 0.3 is 0 Å². The number of hydrogen-bond acceptors (Lipinski definition) is 1. The van der Waals surface area contributed by atoms with Gasteiger partial charge in [0, 0.05) is 0 Å². The summed E-state index contributed by atoms with van der Waals surface area (Å²) in [5.41, 5.74) is 1.25. The summed E-state index contributed by atoms with van der Waals surface area (Å²) in [6.45, 7) is 2.37. The number of para-hydroxylation sites is 1. The summed E-state index contributed by atoms with van der Waals surface area (Å²) in [7, 11) is 0. The van der Waals surface area contributed by atoms with Gasteiger partial charge in [0.1, 0.15) is 19.0 Å². The lowest BCUT2D eigenvalue weighted by atomic mass is 10.0. The molecule has 0 heterocycles. The molecule has 1 aromatic rings. The Bertz CT molecular complexity index is 362. The number of hydrogen-bond donors (Lipinski definition) is 0. The topological polar surface area (TPSA) is 29.1 Å². The third kappa shape index (κ3) is 9.09. The molecule has 0 fully saturated rings. The van der Waals surface area contributed by atoms with Crippen molar-refractivity contribution in [2.75, 3.05) is 13.2 Å². The van der Waals surface area contributed by atoms with Crippen LogP contribution in [0.2, 0.25) is 0 Å². The van der Waals surface area contributed by atoms with Crippen LogP contribution in [0.25, 0.3) is 0 Å². The van der Waals surface area contributed by atoms with Crippen molar-refractivity contribution in [1.82, 2.24) is 0 Å². The van der Waals surface area contributed by atoms with Gasteiger partial charge in [-0.1, -0.05) is 82.9 Å². The van der Waals surface area contributed by atoms with Crippen molar-refractivity contribution in [3.05, 3.63) is 29.8 Å². The molecule has 0 aliphatic heterocycles. The van der Waals surface area contributed by atoms with E-state index in [1.54, 1.807) is 0 Å². The predicted octanol–water partition coefficient (Wildman–Crippen LogP) is 5.96. The van der Waals surface area contributed by atoms with Gasteiger partial charge in [-0.3, -0.25) is 0 Å². The highest BCUT2D eigenvalue weighted by molar-refractivity contribution is 5.33. The molecule has 0 atom stereocenters. The van der Waals surface area contributed by atoms with E-state index < -0.39 is 0 Å². The summed E-state index contributed by atoms with van der Waals surface area (Å²) in [6, 6.07) is 8.12. The summed E-state index contributed by atoms with van der Waals surface area (Å²) in [5, 5.41) is 10.5. The van der Waals surface area contributed by atoms with Crippen molar-refractivity contribution in [2.45, 2.75) is 77.6 Å². The first-order valence-electron chi connectivity index (χ1n) is 9.17. The van der Waals surface area contributed by atoms with Crippen molar-refractivity contribution >= 4 is 0 Å². The maximum Gasteiger partial charge on any atom is 0.122 e. The molecule has 0 spiro atoms. The van der Waals surface area contributed by atoms with Crippen molar-refractivity contribution in [1.29, 1.82) is 0 Å². The summed E-state index contributed by atoms with van der Waals surface area (Å²) in [5.74, 6) is 0.897. The molecule has 0 unspecified atom stereocenters. The highest BCUT2D eigenvalue weighted by Crippen LogP contribution is 2.21. The van der Waals surface area contributed by atoms with Gasteiger partial charge in [-0.2, -0.15) is 0 Å². The Morgan fingerprint density at radius 2 is 1.41 bits per heavy atom. The van der Waals surface area contributed by atoms with E-state index in [9.17, 15) is 5.11 Å². The maximum atomic E-state index is 10.5. The first kappa shape index (κ1) is 19.0. The molecule has 0 aliphatic carbocycles. The molecule has 2 nitrogen and oxygen atoms in total. The molecule has 0 aromatic heterocycles. The van der Waals surface area contributed by atoms with Crippen molar-refractivity contribution < 1.29 is 9.84 Å². The fourth-order valence-corrected chi connectivity index (χ4v) is 2.81. The molecule has 0 amide bonds. The predicted molar refractivity (Wildman–Crippen MR) is 93.0 cm³/mol. The van der Waals surface area contributed by atoms with Crippen molar-refractivity contribution in [3.8, 4) is 5.75 Å². The molecule has 1 rings (SSSR count). The molecule has 1 aromatic carbocycles. The van der Waals surface area contributed by atoms with Crippen LogP contribution in [0, 0.1) is 0 Å². The van der Waals surface area contributed by atoms with Crippen LogP contribution in [0.5, 0.6) is 5.75 Å². The summed E-state index contributed by atoms with van der Waals surface area (Å²) in [6.07, 6.45) is 14.7. The maximum absolute atomic E-state index is 10.5. The van der Waals surface area contributed by atoms with Gasteiger partial charge in [-0.05, 0) is 24.5 Å². The third-order valence-electron chi connectivity index (χ3n) is 4.11. The number of aryl methyl sites for hydroxylation is 1. The van der Waals surface area contributed by atoms with Gasteiger partial charge in [0.25, 0.3) is 0 Å². The number of unbranched alkanes of at least 4 members (excludes halogenated alkanes) is 9. The fraction of sp³-hybridized carbons (Fsp3) is 0.700. The molecule has 0 aliphatic rings. The molecule has 0 saturated carbocycles. The van der Waals surface area contributed by atoms with E-state index in [-0.39, 0.29) is 13.2 Å². The van der Waals surface area contributed by atoms with Gasteiger partial charge in [-0.15, -0.1) is 0 Å². The molecule has 125 valence electrons. The Hall–Kier alpha value is -1.02. The Balaban J connectivity index is 2.05. The molecule has 0 N–H and O–H groups in total. The van der Waals surface area contributed by atoms with Crippen LogP contribution in [0.15, 0.2) is 24.3 Å². The van der Waals surface area contributed by atoms with E-state index in [0.29, 0.717) is 0 Å². The van der Waals surface area contributed by atoms with E-state index in [2.05, 4.69) is 19.1 Å². The largest absolute Gasteiger partial charge is 0.491 e. The van der Waals surface area contributed by atoms with Crippen molar-refractivity contribution in [3.63, 3.8) is 0 Å². The Morgan fingerprint density at radius 3 is 2.05 bits per heavy atom. The van der Waals surface area contributed by atoms with Gasteiger partial charge in [-0.25, -0.2) is 5.11 Å². The molecule has 1 radical (unpaired) electrons. The zero-order valence-electron chi connectivity index (χ0n) is 14.3. The molecule has 2 heteroatoms. The first-order valence-corrected chi connectivity index (χ1v) is 9.17. The SMILES string of the molecule is CCCCCCCCCCCCc1ccccc1OCC[O]. The van der Waals surface area contributed by atoms with E-state index in [1.165, 1.54) is 69.8 Å². The lowest BCUT2D eigenvalue weighted by Gasteiger charge is -2.10. The zero-order chi connectivity index (χ0) is 15.9. The summed E-state index contributed by atoms with van der Waals surface area (Å²) in [4.78, 5) is 0. The van der Waals surface area contributed by atoms with Gasteiger partial charge in [0.05, 0.1) is 0 Å². The molecule has 22 heavy (non-hydrogen) atoms. The second-order valence-corrected chi connectivity index (χ2v) is 6.09. The van der Waals surface area contributed by atoms with E-state index >= 15 is 0 Å². The minimum absolute atomic E-state index is 0.174. The third-order valence-corrected chi connectivity index (χ3v) is 4.11. The average Bonchev–Trinajstić information content (AvgIpc) is 2.55. The minimum Gasteiger partial charge on any atom is -0.491 e. The number of rotatable bonds is 14. The standard InChI is InChI=1S/C20H33O2/c1-2-3-4-5-6-7-8-9-10-11-14-19-15-12-13-16-20(19)22-18-17-21/h12-13,15-16H,2-11,14,17-18H2,1H3. The fourth-order valence-electron chi connectivity index (χ4n) is 2.81. The smallest absolute Gasteiger partial charge is 0.122 e. The Morgan fingerprint density at radius 1 is 0.818 bits per heavy atom. The van der Waals surface area contributed by atoms with E-state index in [4.69, 9.17) is 4.74 Å². The highest BCUT2D eigenvalue weighted by atomic mass is 16.5. The van der Waals surface area contributed by atoms with Crippen LogP contribution in [0.3, 0.4) is 0 Å². The van der Waals surface area contributed by atoms with Crippen LogP contribution < -0.4 is 4.74 Å². The van der Waals surface area contributed by atoms with Gasteiger partial charge in [0.2, 0.25) is 0 Å². The number of ether oxygens (including phenoxy) is 1. The van der Waals surface area contributed by atoms with Gasteiger partial charge in [0.15, 0.2) is 0 Å². The molecule has 0 bridgehead atoms. The molecule has 0 saturated heterocycles. The van der Waals surface area contributed by atoms with E-state index in [0.717, 1.165) is 12.2 Å². The van der Waals surface area contributed by atoms with Crippen LogP contribution in [-0.4, -0.2) is 13.2 Å². The van der Waals surface area contributed by atoms with Crippen LogP contribution >= 0.6 is 0 Å². The molecular weight excluding hydrogens is 272 g/mol. The van der Waals surface area contributed by atoms with Crippen LogP contribution in [-0.2, 0) is 11.5 Å². The molecular formula is C20H33O2. The first-order chi connectivity index (χ1) is 10.9. The Labute approximate surface area is 136 Å². The second kappa shape index (κ2) is 13.6. The average molecular weight is 305 g/mol. The summed E-state index contributed by atoms with van der Waals surface area (Å²) >= 11 is 0. The zero-order valence-corrected chi connectivity index (χ0v) is 14.3. The second-order valence-electron chi connectivity index (χ2n) is 6.09. The quantitative estimate of drug-likeness (QED) is 0.390. The number of benzene rings is 1. The van der Waals surface area contributed by atoms with Crippen LogP contribution in [0.4, 0.5) is 0 Å². The summed E-state index contributed by atoms with van der Waals surface area (Å²) < 4.78 is 5.52. The highest BCUT2D eigenvalue weighted by Gasteiger charge is 2.02. The monoisotopic (exact) mass is 305 g/mol. The van der Waals surface area contributed by atoms with Crippen LogP contribution in [0.1, 0.15) is 76.7 Å². The van der Waals surface area contributed by atoms with Gasteiger partial charge < -0.3 is 4.74 Å². The lowest BCUT2D eigenvalue weighted by Crippen LogP contribution is -2.03. The van der Waals surface area contributed by atoms with E-state index in [1.807, 2.05) is 12.1 Å². The van der Waals surface area contributed by atoms with Crippen molar-refractivity contribution in [2.24, 2.45) is 0 Å². The Kier molecular flexibility index (Phi) is 11.8. The minimum atomic E-state index is -0.174.